The highest BCUT2D eigenvalue weighted by Gasteiger charge is 2.21. The molecule has 2 aromatic carbocycles. The van der Waals surface area contributed by atoms with Crippen LogP contribution in [0.25, 0.3) is 5.69 Å². The number of hydrogen-bond acceptors (Lipinski definition) is 3. The van der Waals surface area contributed by atoms with Crippen molar-refractivity contribution in [3.63, 3.8) is 0 Å². The maximum Gasteiger partial charge on any atom is 0.259 e. The Bertz CT molecular complexity index is 853. The molecule has 5 nitrogen and oxygen atoms in total. The summed E-state index contributed by atoms with van der Waals surface area (Å²) < 4.78 is 7.71. The summed E-state index contributed by atoms with van der Waals surface area (Å²) in [6.07, 6.45) is 7.16. The molecule has 1 aromatic heterocycles. The Morgan fingerprint density at radius 3 is 2.56 bits per heavy atom. The van der Waals surface area contributed by atoms with Crippen LogP contribution in [0.1, 0.15) is 29.6 Å². The van der Waals surface area contributed by atoms with Gasteiger partial charge in [-0.05, 0) is 61.7 Å². The van der Waals surface area contributed by atoms with Crippen LogP contribution in [0.2, 0.25) is 0 Å². The van der Waals surface area contributed by atoms with Crippen molar-refractivity contribution in [3.8, 4) is 11.4 Å². The van der Waals surface area contributed by atoms with Crippen molar-refractivity contribution in [3.05, 3.63) is 72.6 Å². The molecular weight excluding hydrogens is 314 g/mol. The molecule has 0 atom stereocenters. The van der Waals surface area contributed by atoms with Gasteiger partial charge in [0.25, 0.3) is 5.91 Å². The van der Waals surface area contributed by atoms with E-state index in [0.717, 1.165) is 24.2 Å². The normalized spacial score (nSPS) is 13.9. The van der Waals surface area contributed by atoms with Gasteiger partial charge in [-0.15, -0.1) is 0 Å². The first-order valence-electron chi connectivity index (χ1n) is 8.47. The number of hydrogen-bond donors (Lipinski definition) is 1. The SMILES string of the molecule is O=C(Nc1ccc(-n2cccn2)cc1)c1ccccc1OC1CCC1. The van der Waals surface area contributed by atoms with Gasteiger partial charge < -0.3 is 10.1 Å². The summed E-state index contributed by atoms with van der Waals surface area (Å²) in [5.41, 5.74) is 2.24. The van der Waals surface area contributed by atoms with Crippen molar-refractivity contribution in [1.29, 1.82) is 0 Å². The molecule has 1 saturated carbocycles. The van der Waals surface area contributed by atoms with Crippen LogP contribution >= 0.6 is 0 Å². The number of carbonyl (C=O) groups is 1. The molecule has 0 unspecified atom stereocenters. The van der Waals surface area contributed by atoms with E-state index in [0.29, 0.717) is 11.3 Å². The summed E-state index contributed by atoms with van der Waals surface area (Å²) in [5.74, 6) is 0.486. The quantitative estimate of drug-likeness (QED) is 0.766. The topological polar surface area (TPSA) is 56.2 Å². The molecule has 1 fully saturated rings. The summed E-state index contributed by atoms with van der Waals surface area (Å²) in [4.78, 5) is 12.6. The van der Waals surface area contributed by atoms with E-state index in [2.05, 4.69) is 10.4 Å². The molecule has 0 spiro atoms. The smallest absolute Gasteiger partial charge is 0.259 e. The Labute approximate surface area is 146 Å². The van der Waals surface area contributed by atoms with Gasteiger partial charge in [-0.2, -0.15) is 5.10 Å². The van der Waals surface area contributed by atoms with Crippen LogP contribution in [0.3, 0.4) is 0 Å². The predicted octanol–water partition coefficient (Wildman–Crippen LogP) is 4.06. The third-order valence-corrected chi connectivity index (χ3v) is 4.37. The van der Waals surface area contributed by atoms with Crippen molar-refractivity contribution in [2.75, 3.05) is 5.32 Å². The third-order valence-electron chi connectivity index (χ3n) is 4.37. The Balaban J connectivity index is 1.48. The highest BCUT2D eigenvalue weighted by Crippen LogP contribution is 2.28. The van der Waals surface area contributed by atoms with Crippen LogP contribution in [-0.4, -0.2) is 21.8 Å². The van der Waals surface area contributed by atoms with E-state index in [4.69, 9.17) is 4.74 Å². The fourth-order valence-electron chi connectivity index (χ4n) is 2.74. The number of amides is 1. The van der Waals surface area contributed by atoms with Gasteiger partial charge in [0.15, 0.2) is 0 Å². The summed E-state index contributed by atoms with van der Waals surface area (Å²) in [5, 5.41) is 7.12. The van der Waals surface area contributed by atoms with Crippen LogP contribution in [0.5, 0.6) is 5.75 Å². The van der Waals surface area contributed by atoms with E-state index in [1.807, 2.05) is 54.7 Å². The summed E-state index contributed by atoms with van der Waals surface area (Å²) >= 11 is 0. The second-order valence-electron chi connectivity index (χ2n) is 6.12. The first-order valence-corrected chi connectivity index (χ1v) is 8.47. The van der Waals surface area contributed by atoms with Gasteiger partial charge in [0, 0.05) is 18.1 Å². The average molecular weight is 333 g/mol. The maximum absolute atomic E-state index is 12.6. The Kier molecular flexibility index (Phi) is 4.21. The molecular formula is C20H19N3O2. The number of aromatic nitrogens is 2. The number of ether oxygens (including phenoxy) is 1. The van der Waals surface area contributed by atoms with Gasteiger partial charge in [0.2, 0.25) is 0 Å². The molecule has 25 heavy (non-hydrogen) atoms. The van der Waals surface area contributed by atoms with Gasteiger partial charge in [0.1, 0.15) is 5.75 Å². The number of benzene rings is 2. The summed E-state index contributed by atoms with van der Waals surface area (Å²) in [6.45, 7) is 0. The maximum atomic E-state index is 12.6. The van der Waals surface area contributed by atoms with E-state index in [1.54, 1.807) is 16.9 Å². The van der Waals surface area contributed by atoms with Crippen LogP contribution in [0.4, 0.5) is 5.69 Å². The molecule has 0 aliphatic heterocycles. The second kappa shape index (κ2) is 6.81. The fraction of sp³-hybridized carbons (Fsp3) is 0.200. The second-order valence-corrected chi connectivity index (χ2v) is 6.12. The average Bonchev–Trinajstić information content (AvgIpc) is 3.14. The zero-order chi connectivity index (χ0) is 17.1. The first kappa shape index (κ1) is 15.4. The van der Waals surface area contributed by atoms with Crippen LogP contribution in [0.15, 0.2) is 67.0 Å². The lowest BCUT2D eigenvalue weighted by molar-refractivity contribution is 0.0992. The number of para-hydroxylation sites is 1. The molecule has 3 aromatic rings. The number of anilines is 1. The zero-order valence-electron chi connectivity index (χ0n) is 13.8. The molecule has 1 N–H and O–H groups in total. The van der Waals surface area contributed by atoms with E-state index >= 15 is 0 Å². The van der Waals surface area contributed by atoms with Crippen LogP contribution in [0, 0.1) is 0 Å². The van der Waals surface area contributed by atoms with Gasteiger partial charge in [-0.25, -0.2) is 4.68 Å². The minimum absolute atomic E-state index is 0.165. The predicted molar refractivity (Wildman–Crippen MR) is 96.2 cm³/mol. The van der Waals surface area contributed by atoms with Crippen LogP contribution < -0.4 is 10.1 Å². The van der Waals surface area contributed by atoms with Crippen LogP contribution in [-0.2, 0) is 0 Å². The molecule has 0 bridgehead atoms. The van der Waals surface area contributed by atoms with Gasteiger partial charge in [-0.3, -0.25) is 4.79 Å². The van der Waals surface area contributed by atoms with Crippen molar-refractivity contribution in [1.82, 2.24) is 9.78 Å². The molecule has 4 rings (SSSR count). The summed E-state index contributed by atoms with van der Waals surface area (Å²) in [6, 6.07) is 16.8. The van der Waals surface area contributed by atoms with E-state index in [1.165, 1.54) is 6.42 Å². The molecule has 0 radical (unpaired) electrons. The standard InChI is InChI=1S/C20H19N3O2/c24-20(18-7-1-2-8-19(18)25-17-5-3-6-17)22-15-9-11-16(12-10-15)23-14-4-13-21-23/h1-2,4,7-14,17H,3,5-6H2,(H,22,24). The van der Waals surface area contributed by atoms with Crippen molar-refractivity contribution >= 4 is 11.6 Å². The highest BCUT2D eigenvalue weighted by atomic mass is 16.5. The third kappa shape index (κ3) is 3.40. The number of rotatable bonds is 5. The lowest BCUT2D eigenvalue weighted by Crippen LogP contribution is -2.26. The molecule has 0 saturated heterocycles. The number of nitrogens with one attached hydrogen (secondary N) is 1. The Morgan fingerprint density at radius 1 is 1.08 bits per heavy atom. The monoisotopic (exact) mass is 333 g/mol. The first-order chi connectivity index (χ1) is 12.3. The molecule has 1 heterocycles. The van der Waals surface area contributed by atoms with Crippen molar-refractivity contribution < 1.29 is 9.53 Å². The van der Waals surface area contributed by atoms with Gasteiger partial charge in [0.05, 0.1) is 17.4 Å². The molecule has 1 amide bonds. The van der Waals surface area contributed by atoms with Gasteiger partial charge >= 0.3 is 0 Å². The van der Waals surface area contributed by atoms with E-state index < -0.39 is 0 Å². The molecule has 1 aliphatic carbocycles. The molecule has 1 aliphatic rings. The Hall–Kier alpha value is -3.08. The molecule has 126 valence electrons. The Morgan fingerprint density at radius 2 is 1.88 bits per heavy atom. The minimum Gasteiger partial charge on any atom is -0.490 e. The lowest BCUT2D eigenvalue weighted by atomic mass is 9.96. The fourth-order valence-corrected chi connectivity index (χ4v) is 2.74. The highest BCUT2D eigenvalue weighted by molar-refractivity contribution is 6.06. The largest absolute Gasteiger partial charge is 0.490 e. The van der Waals surface area contributed by atoms with Crippen molar-refractivity contribution in [2.24, 2.45) is 0 Å². The summed E-state index contributed by atoms with van der Waals surface area (Å²) in [7, 11) is 0. The van der Waals surface area contributed by atoms with Crippen molar-refractivity contribution in [2.45, 2.75) is 25.4 Å². The minimum atomic E-state index is -0.165. The van der Waals surface area contributed by atoms with Gasteiger partial charge in [-0.1, -0.05) is 12.1 Å². The molecule has 5 heteroatoms. The number of nitrogens with zero attached hydrogens (tertiary/aromatic N) is 2. The van der Waals surface area contributed by atoms with E-state index in [9.17, 15) is 4.79 Å². The number of carbonyl (C=O) groups excluding carboxylic acids is 1. The zero-order valence-corrected chi connectivity index (χ0v) is 13.8. The lowest BCUT2D eigenvalue weighted by Gasteiger charge is -2.27. The van der Waals surface area contributed by atoms with E-state index in [-0.39, 0.29) is 12.0 Å².